The van der Waals surface area contributed by atoms with E-state index in [0.717, 1.165) is 29.5 Å². The van der Waals surface area contributed by atoms with E-state index in [9.17, 15) is 14.7 Å². The summed E-state index contributed by atoms with van der Waals surface area (Å²) < 4.78 is 29.5. The van der Waals surface area contributed by atoms with Crippen molar-refractivity contribution in [3.05, 3.63) is 107 Å². The second kappa shape index (κ2) is 15.2. The molecule has 9 nitrogen and oxygen atoms in total. The van der Waals surface area contributed by atoms with Crippen LogP contribution in [0.15, 0.2) is 90.0 Å². The van der Waals surface area contributed by atoms with Crippen molar-refractivity contribution >= 4 is 43.2 Å². The maximum Gasteiger partial charge on any atom is 0.269 e. The van der Waals surface area contributed by atoms with Crippen molar-refractivity contribution in [3.63, 3.8) is 0 Å². The van der Waals surface area contributed by atoms with Gasteiger partial charge in [-0.05, 0) is 94.6 Å². The SMILES string of the molecule is CC(C)=CCC/C(C)=C/CN1C(=O)[C@@]2(O[C@@H](CC(=O)N3Cc4ccccc4C[C@H]3CO)[C@H]([Si](C)(C)F)[C@H]2C)c2cc(N3C(=O)COc4ccccc43)ccc21. The minimum Gasteiger partial charge on any atom is -0.482 e. The summed E-state index contributed by atoms with van der Waals surface area (Å²) in [6.07, 6.45) is 5.49. The first-order chi connectivity index (χ1) is 26.2. The number of anilines is 3. The molecule has 0 unspecified atom stereocenters. The predicted octanol–water partition coefficient (Wildman–Crippen LogP) is 7.89. The van der Waals surface area contributed by atoms with Crippen molar-refractivity contribution < 1.29 is 33.1 Å². The molecule has 0 aliphatic carbocycles. The van der Waals surface area contributed by atoms with E-state index in [1.54, 1.807) is 27.8 Å². The van der Waals surface area contributed by atoms with Gasteiger partial charge >= 0.3 is 0 Å². The molecule has 3 amide bonds. The minimum atomic E-state index is -3.60. The van der Waals surface area contributed by atoms with Crippen molar-refractivity contribution in [1.29, 1.82) is 0 Å². The van der Waals surface area contributed by atoms with E-state index in [1.807, 2.05) is 73.7 Å². The lowest BCUT2D eigenvalue weighted by atomic mass is 9.82. The van der Waals surface area contributed by atoms with Crippen LogP contribution in [0.1, 0.15) is 63.6 Å². The van der Waals surface area contributed by atoms with Crippen molar-refractivity contribution in [2.45, 2.75) is 96.3 Å². The molecule has 1 fully saturated rings. The normalized spacial score (nSPS) is 24.8. The summed E-state index contributed by atoms with van der Waals surface area (Å²) in [6, 6.07) is 20.3. The second-order valence-corrected chi connectivity index (χ2v) is 20.1. The van der Waals surface area contributed by atoms with Crippen molar-refractivity contribution in [2.24, 2.45) is 5.92 Å². The first kappa shape index (κ1) is 38.7. The van der Waals surface area contributed by atoms with Gasteiger partial charge in [0, 0.05) is 35.8 Å². The highest BCUT2D eigenvalue weighted by atomic mass is 28.4. The van der Waals surface area contributed by atoms with Crippen LogP contribution >= 0.6 is 0 Å². The average Bonchev–Trinajstić information content (AvgIpc) is 3.58. The zero-order chi connectivity index (χ0) is 39.2. The van der Waals surface area contributed by atoms with Gasteiger partial charge in [-0.3, -0.25) is 19.3 Å². The first-order valence-corrected chi connectivity index (χ1v) is 22.3. The Bertz CT molecular complexity index is 2060. The van der Waals surface area contributed by atoms with Gasteiger partial charge in [0.05, 0.1) is 36.5 Å². The van der Waals surface area contributed by atoms with E-state index in [2.05, 4.69) is 32.9 Å². The van der Waals surface area contributed by atoms with Gasteiger partial charge in [-0.2, -0.15) is 0 Å². The molecule has 290 valence electrons. The van der Waals surface area contributed by atoms with Crippen LogP contribution in [-0.4, -0.2) is 68.0 Å². The molecule has 1 spiro atoms. The fraction of sp³-hybridized carbons (Fsp3) is 0.432. The average molecular weight is 766 g/mol. The maximum absolute atomic E-state index is 16.8. The number of hydrogen-bond donors (Lipinski definition) is 1. The van der Waals surface area contributed by atoms with Crippen LogP contribution in [0.5, 0.6) is 5.75 Å². The minimum absolute atomic E-state index is 0.128. The second-order valence-electron chi connectivity index (χ2n) is 16.3. The molecule has 55 heavy (non-hydrogen) atoms. The summed E-state index contributed by atoms with van der Waals surface area (Å²) >= 11 is 0. The molecule has 5 atom stereocenters. The Morgan fingerprint density at radius 1 is 1.00 bits per heavy atom. The summed E-state index contributed by atoms with van der Waals surface area (Å²) in [5.41, 5.74) is 4.54. The molecule has 0 radical (unpaired) electrons. The number of halogens is 1. The summed E-state index contributed by atoms with van der Waals surface area (Å²) in [5, 5.41) is 10.4. The van der Waals surface area contributed by atoms with Crippen molar-refractivity contribution in [3.8, 4) is 5.75 Å². The summed E-state index contributed by atoms with van der Waals surface area (Å²) in [4.78, 5) is 47.9. The molecule has 3 aromatic carbocycles. The monoisotopic (exact) mass is 765 g/mol. The smallest absolute Gasteiger partial charge is 0.269 e. The van der Waals surface area contributed by atoms with Crippen LogP contribution in [0.2, 0.25) is 18.6 Å². The highest BCUT2D eigenvalue weighted by Crippen LogP contribution is 2.61. The number of benzene rings is 3. The molecule has 4 aliphatic heterocycles. The fourth-order valence-electron chi connectivity index (χ4n) is 9.21. The van der Waals surface area contributed by atoms with Gasteiger partial charge in [0.1, 0.15) is 5.75 Å². The van der Waals surface area contributed by atoms with E-state index < -0.39 is 37.6 Å². The van der Waals surface area contributed by atoms with Gasteiger partial charge in [0.25, 0.3) is 11.8 Å². The molecular weight excluding hydrogens is 714 g/mol. The van der Waals surface area contributed by atoms with E-state index in [1.165, 1.54) is 5.57 Å². The Labute approximate surface area is 324 Å². The van der Waals surface area contributed by atoms with E-state index in [-0.39, 0.29) is 37.4 Å². The number of aliphatic hydroxyl groups excluding tert-OH is 1. The molecule has 3 aromatic rings. The van der Waals surface area contributed by atoms with Gasteiger partial charge in [-0.25, -0.2) is 0 Å². The summed E-state index contributed by atoms with van der Waals surface area (Å²) in [6.45, 7) is 11.6. The molecule has 4 heterocycles. The highest BCUT2D eigenvalue weighted by Gasteiger charge is 2.67. The number of carbonyl (C=O) groups excluding carboxylic acids is 3. The molecular formula is C44H52FN3O6Si. The van der Waals surface area contributed by atoms with Gasteiger partial charge in [-0.15, -0.1) is 0 Å². The third-order valence-corrected chi connectivity index (χ3v) is 14.3. The van der Waals surface area contributed by atoms with Crippen LogP contribution in [0, 0.1) is 5.92 Å². The van der Waals surface area contributed by atoms with Gasteiger partial charge in [0.2, 0.25) is 14.3 Å². The number of aliphatic hydroxyl groups is 1. The van der Waals surface area contributed by atoms with Crippen molar-refractivity contribution in [2.75, 3.05) is 29.6 Å². The van der Waals surface area contributed by atoms with E-state index in [0.29, 0.717) is 47.9 Å². The topological polar surface area (TPSA) is 99.6 Å². The van der Waals surface area contributed by atoms with Gasteiger partial charge in [-0.1, -0.05) is 66.6 Å². The summed E-state index contributed by atoms with van der Waals surface area (Å²) in [7, 11) is -3.60. The Kier molecular flexibility index (Phi) is 10.7. The zero-order valence-electron chi connectivity index (χ0n) is 32.7. The van der Waals surface area contributed by atoms with Crippen LogP contribution in [-0.2, 0) is 37.7 Å². The summed E-state index contributed by atoms with van der Waals surface area (Å²) in [5.74, 6) is -0.862. The fourth-order valence-corrected chi connectivity index (χ4v) is 11.7. The highest BCUT2D eigenvalue weighted by molar-refractivity contribution is 6.72. The van der Waals surface area contributed by atoms with Crippen LogP contribution in [0.3, 0.4) is 0 Å². The predicted molar refractivity (Wildman–Crippen MR) is 215 cm³/mol. The quantitative estimate of drug-likeness (QED) is 0.128. The van der Waals surface area contributed by atoms with Crippen LogP contribution < -0.4 is 14.5 Å². The number of carbonyl (C=O) groups is 3. The number of nitrogens with zero attached hydrogens (tertiary/aromatic N) is 3. The molecule has 0 aromatic heterocycles. The van der Waals surface area contributed by atoms with E-state index in [4.69, 9.17) is 9.47 Å². The standard InChI is InChI=1S/C44H52FN3O6Si/c1-28(2)12-11-13-29(3)20-21-46-36-19-18-33(48-37-16-9-10-17-38(37)53-27-41(48)51)23-35(36)44(43(46)52)30(4)42(55(5,6)45)39(54-44)24-40(50)47-25-32-15-8-7-14-31(32)22-34(47)26-49/h7-10,12,14-20,23,30,34,39,42,49H,11,13,21-22,24-27H2,1-6H3/b29-20+/t30-,34+,39+,42-,44+/m1/s1. The Morgan fingerprint density at radius 2 is 1.73 bits per heavy atom. The number of para-hydroxylation sites is 2. The molecule has 0 bridgehead atoms. The molecule has 11 heteroatoms. The van der Waals surface area contributed by atoms with Gasteiger partial charge in [0.15, 0.2) is 12.2 Å². The number of allylic oxidation sites excluding steroid dienone is 3. The first-order valence-electron chi connectivity index (χ1n) is 19.4. The third-order valence-electron chi connectivity index (χ3n) is 11.9. The number of hydrogen-bond acceptors (Lipinski definition) is 6. The Balaban J connectivity index is 1.29. The molecule has 1 N–H and O–H groups in total. The van der Waals surface area contributed by atoms with Gasteiger partial charge < -0.3 is 28.5 Å². The lowest BCUT2D eigenvalue weighted by Crippen LogP contribution is -2.48. The Morgan fingerprint density at radius 3 is 2.45 bits per heavy atom. The molecule has 7 rings (SSSR count). The number of ether oxygens (including phenoxy) is 2. The number of fused-ring (bicyclic) bond motifs is 4. The largest absolute Gasteiger partial charge is 0.482 e. The van der Waals surface area contributed by atoms with Crippen LogP contribution in [0.25, 0.3) is 0 Å². The lowest BCUT2D eigenvalue weighted by Gasteiger charge is -2.37. The van der Waals surface area contributed by atoms with E-state index >= 15 is 8.90 Å². The van der Waals surface area contributed by atoms with Crippen LogP contribution in [0.4, 0.5) is 21.2 Å². The zero-order valence-corrected chi connectivity index (χ0v) is 33.7. The molecule has 4 aliphatic rings. The maximum atomic E-state index is 16.8. The number of rotatable bonds is 10. The Hall–Kier alpha value is -4.58. The van der Waals surface area contributed by atoms with Crippen molar-refractivity contribution in [1.82, 2.24) is 4.90 Å². The molecule has 0 saturated carbocycles. The number of amides is 3. The lowest BCUT2D eigenvalue weighted by molar-refractivity contribution is -0.150. The third kappa shape index (κ3) is 7.06. The molecule has 1 saturated heterocycles.